The summed E-state index contributed by atoms with van der Waals surface area (Å²) in [7, 11) is 0. The molecule has 0 aromatic rings. The maximum Gasteiger partial charge on any atom is -0.00180 e. The standard InChI is InChI=1S/C13H29N/c1-10(2)11(3)8-14-9-12(4)13(5,6)7/h10-12,14H,8-9H2,1-7H3. The van der Waals surface area contributed by atoms with E-state index in [0.717, 1.165) is 30.8 Å². The molecule has 14 heavy (non-hydrogen) atoms. The van der Waals surface area contributed by atoms with Gasteiger partial charge in [-0.1, -0.05) is 48.5 Å². The molecule has 0 aliphatic heterocycles. The highest BCUT2D eigenvalue weighted by molar-refractivity contribution is 4.72. The molecular formula is C13H29N. The third-order valence-corrected chi connectivity index (χ3v) is 3.53. The Labute approximate surface area is 90.7 Å². The molecule has 0 aromatic carbocycles. The summed E-state index contributed by atoms with van der Waals surface area (Å²) in [5.74, 6) is 2.30. The minimum absolute atomic E-state index is 0.425. The van der Waals surface area contributed by atoms with Gasteiger partial charge in [0.25, 0.3) is 0 Å². The monoisotopic (exact) mass is 199 g/mol. The van der Waals surface area contributed by atoms with E-state index in [9.17, 15) is 0 Å². The summed E-state index contributed by atoms with van der Waals surface area (Å²) in [5.41, 5.74) is 0.425. The van der Waals surface area contributed by atoms with Crippen molar-refractivity contribution in [3.8, 4) is 0 Å². The third-order valence-electron chi connectivity index (χ3n) is 3.53. The van der Waals surface area contributed by atoms with Crippen LogP contribution >= 0.6 is 0 Å². The first-order valence-corrected chi connectivity index (χ1v) is 5.96. The summed E-state index contributed by atoms with van der Waals surface area (Å²) in [5, 5.41) is 3.57. The molecule has 0 fully saturated rings. The molecule has 0 bridgehead atoms. The molecular weight excluding hydrogens is 170 g/mol. The molecule has 0 aromatic heterocycles. The first kappa shape index (κ1) is 14.0. The fourth-order valence-corrected chi connectivity index (χ4v) is 1.07. The van der Waals surface area contributed by atoms with Gasteiger partial charge in [-0.25, -0.2) is 0 Å². The first-order chi connectivity index (χ1) is 6.25. The van der Waals surface area contributed by atoms with Gasteiger partial charge in [-0.2, -0.15) is 0 Å². The van der Waals surface area contributed by atoms with Crippen LogP contribution in [0.1, 0.15) is 48.5 Å². The highest BCUT2D eigenvalue weighted by atomic mass is 14.9. The molecule has 0 spiro atoms. The maximum absolute atomic E-state index is 3.57. The van der Waals surface area contributed by atoms with Crippen molar-refractivity contribution < 1.29 is 0 Å². The zero-order chi connectivity index (χ0) is 11.4. The second-order valence-corrected chi connectivity index (χ2v) is 6.15. The second kappa shape index (κ2) is 5.75. The number of nitrogens with one attached hydrogen (secondary N) is 1. The van der Waals surface area contributed by atoms with Gasteiger partial charge in [-0.05, 0) is 36.3 Å². The highest BCUT2D eigenvalue weighted by Crippen LogP contribution is 2.24. The zero-order valence-corrected chi connectivity index (χ0v) is 11.1. The lowest BCUT2D eigenvalue weighted by molar-refractivity contribution is 0.246. The molecule has 1 nitrogen and oxygen atoms in total. The fraction of sp³-hybridized carbons (Fsp3) is 1.00. The molecule has 0 saturated carbocycles. The molecule has 1 heteroatoms. The van der Waals surface area contributed by atoms with E-state index in [2.05, 4.69) is 53.8 Å². The second-order valence-electron chi connectivity index (χ2n) is 6.15. The molecule has 1 N–H and O–H groups in total. The van der Waals surface area contributed by atoms with E-state index in [-0.39, 0.29) is 0 Å². The van der Waals surface area contributed by atoms with Gasteiger partial charge in [0, 0.05) is 0 Å². The molecule has 2 unspecified atom stereocenters. The topological polar surface area (TPSA) is 12.0 Å². The van der Waals surface area contributed by atoms with Crippen molar-refractivity contribution in [2.24, 2.45) is 23.2 Å². The Morgan fingerprint density at radius 3 is 1.79 bits per heavy atom. The Kier molecular flexibility index (Phi) is 5.73. The van der Waals surface area contributed by atoms with Crippen molar-refractivity contribution >= 4 is 0 Å². The Bertz CT molecular complexity index is 144. The van der Waals surface area contributed by atoms with Crippen LogP contribution in [-0.2, 0) is 0 Å². The largest absolute Gasteiger partial charge is 0.316 e. The van der Waals surface area contributed by atoms with Crippen LogP contribution in [0.25, 0.3) is 0 Å². The SMILES string of the molecule is CC(C)C(C)CNCC(C)C(C)(C)C. The minimum Gasteiger partial charge on any atom is -0.316 e. The van der Waals surface area contributed by atoms with E-state index in [0.29, 0.717) is 5.41 Å². The molecule has 0 amide bonds. The number of rotatable bonds is 5. The Hall–Kier alpha value is -0.0400. The minimum atomic E-state index is 0.425. The van der Waals surface area contributed by atoms with Crippen molar-refractivity contribution in [1.29, 1.82) is 0 Å². The molecule has 86 valence electrons. The lowest BCUT2D eigenvalue weighted by atomic mass is 9.82. The summed E-state index contributed by atoms with van der Waals surface area (Å²) in [6.45, 7) is 18.5. The zero-order valence-electron chi connectivity index (χ0n) is 11.1. The van der Waals surface area contributed by atoms with Crippen molar-refractivity contribution in [3.63, 3.8) is 0 Å². The van der Waals surface area contributed by atoms with E-state index in [1.165, 1.54) is 0 Å². The number of hydrogen-bond acceptors (Lipinski definition) is 1. The van der Waals surface area contributed by atoms with Crippen molar-refractivity contribution in [3.05, 3.63) is 0 Å². The molecule has 0 aliphatic carbocycles. The predicted octanol–water partition coefficient (Wildman–Crippen LogP) is 3.55. The van der Waals surface area contributed by atoms with Gasteiger partial charge < -0.3 is 5.32 Å². The van der Waals surface area contributed by atoms with Gasteiger partial charge >= 0.3 is 0 Å². The lowest BCUT2D eigenvalue weighted by Crippen LogP contribution is -2.33. The van der Waals surface area contributed by atoms with Gasteiger partial charge in [-0.3, -0.25) is 0 Å². The van der Waals surface area contributed by atoms with Crippen LogP contribution in [0.3, 0.4) is 0 Å². The number of hydrogen-bond donors (Lipinski definition) is 1. The van der Waals surface area contributed by atoms with E-state index in [4.69, 9.17) is 0 Å². The summed E-state index contributed by atoms with van der Waals surface area (Å²) in [6.07, 6.45) is 0. The predicted molar refractivity (Wildman–Crippen MR) is 65.5 cm³/mol. The molecule has 0 rings (SSSR count). The summed E-state index contributed by atoms with van der Waals surface area (Å²) >= 11 is 0. The third kappa shape index (κ3) is 5.64. The van der Waals surface area contributed by atoms with Crippen LogP contribution in [-0.4, -0.2) is 13.1 Å². The average Bonchev–Trinajstić information content (AvgIpc) is 2.01. The van der Waals surface area contributed by atoms with E-state index < -0.39 is 0 Å². The summed E-state index contributed by atoms with van der Waals surface area (Å²) in [4.78, 5) is 0. The quantitative estimate of drug-likeness (QED) is 0.714. The van der Waals surface area contributed by atoms with Crippen LogP contribution in [0, 0.1) is 23.2 Å². The van der Waals surface area contributed by atoms with Crippen molar-refractivity contribution in [2.75, 3.05) is 13.1 Å². The molecule has 0 saturated heterocycles. The van der Waals surface area contributed by atoms with E-state index in [1.54, 1.807) is 0 Å². The Balaban J connectivity index is 3.65. The molecule has 0 radical (unpaired) electrons. The van der Waals surface area contributed by atoms with Crippen LogP contribution in [0.4, 0.5) is 0 Å². The van der Waals surface area contributed by atoms with Gasteiger partial charge in [-0.15, -0.1) is 0 Å². The van der Waals surface area contributed by atoms with Crippen LogP contribution in [0.2, 0.25) is 0 Å². The lowest BCUT2D eigenvalue weighted by Gasteiger charge is -2.28. The van der Waals surface area contributed by atoms with Crippen molar-refractivity contribution in [1.82, 2.24) is 5.32 Å². The Morgan fingerprint density at radius 2 is 1.43 bits per heavy atom. The van der Waals surface area contributed by atoms with Gasteiger partial charge in [0.2, 0.25) is 0 Å². The van der Waals surface area contributed by atoms with Crippen molar-refractivity contribution in [2.45, 2.75) is 48.5 Å². The van der Waals surface area contributed by atoms with Crippen LogP contribution in [0.5, 0.6) is 0 Å². The van der Waals surface area contributed by atoms with Crippen LogP contribution < -0.4 is 5.32 Å². The first-order valence-electron chi connectivity index (χ1n) is 5.96. The van der Waals surface area contributed by atoms with E-state index >= 15 is 0 Å². The molecule has 0 heterocycles. The Morgan fingerprint density at radius 1 is 0.929 bits per heavy atom. The van der Waals surface area contributed by atoms with Gasteiger partial charge in [0.15, 0.2) is 0 Å². The normalized spacial score (nSPS) is 17.1. The van der Waals surface area contributed by atoms with E-state index in [1.807, 2.05) is 0 Å². The van der Waals surface area contributed by atoms with Gasteiger partial charge in [0.1, 0.15) is 0 Å². The summed E-state index contributed by atoms with van der Waals surface area (Å²) in [6, 6.07) is 0. The average molecular weight is 199 g/mol. The fourth-order valence-electron chi connectivity index (χ4n) is 1.07. The van der Waals surface area contributed by atoms with Crippen LogP contribution in [0.15, 0.2) is 0 Å². The highest BCUT2D eigenvalue weighted by Gasteiger charge is 2.19. The van der Waals surface area contributed by atoms with Gasteiger partial charge in [0.05, 0.1) is 0 Å². The molecule has 2 atom stereocenters. The maximum atomic E-state index is 3.57. The molecule has 0 aliphatic rings. The summed E-state index contributed by atoms with van der Waals surface area (Å²) < 4.78 is 0. The smallest absolute Gasteiger partial charge is 0.00180 e.